The van der Waals surface area contributed by atoms with Crippen molar-refractivity contribution < 1.29 is 0 Å². The Morgan fingerprint density at radius 2 is 1.94 bits per heavy atom. The van der Waals surface area contributed by atoms with Crippen molar-refractivity contribution in [1.29, 1.82) is 0 Å². The molecule has 0 aliphatic heterocycles. The van der Waals surface area contributed by atoms with Crippen molar-refractivity contribution >= 4 is 27.4 Å². The first-order chi connectivity index (χ1) is 8.36. The van der Waals surface area contributed by atoms with E-state index in [1.807, 2.05) is 30.9 Å². The summed E-state index contributed by atoms with van der Waals surface area (Å²) in [6.45, 7) is 0. The number of hydrogen-bond donors (Lipinski definition) is 1. The van der Waals surface area contributed by atoms with Crippen molar-refractivity contribution in [2.75, 3.05) is 12.4 Å². The number of aromatic nitrogens is 2. The van der Waals surface area contributed by atoms with Gasteiger partial charge in [0, 0.05) is 13.2 Å². The molecule has 17 heavy (non-hydrogen) atoms. The van der Waals surface area contributed by atoms with Crippen molar-refractivity contribution in [3.8, 4) is 11.1 Å². The normalized spacial score (nSPS) is 10.6. The molecule has 4 heteroatoms. The number of nitrogens with zero attached hydrogens (tertiary/aromatic N) is 2. The van der Waals surface area contributed by atoms with Crippen molar-refractivity contribution in [2.45, 2.75) is 0 Å². The van der Waals surface area contributed by atoms with E-state index in [2.05, 4.69) is 33.5 Å². The highest BCUT2D eigenvalue weighted by Gasteiger charge is 2.02. The highest BCUT2D eigenvalue weighted by atomic mass is 32.1. The summed E-state index contributed by atoms with van der Waals surface area (Å²) in [5.74, 6) is 0.876. The molecular formula is C13H11N3S. The lowest BCUT2D eigenvalue weighted by atomic mass is 10.1. The van der Waals surface area contributed by atoms with Crippen LogP contribution < -0.4 is 5.32 Å². The zero-order valence-corrected chi connectivity index (χ0v) is 10.2. The van der Waals surface area contributed by atoms with Gasteiger partial charge >= 0.3 is 0 Å². The van der Waals surface area contributed by atoms with Crippen LogP contribution in [0.25, 0.3) is 21.3 Å². The molecule has 0 bridgehead atoms. The zero-order chi connectivity index (χ0) is 11.7. The van der Waals surface area contributed by atoms with Gasteiger partial charge in [-0.2, -0.15) is 0 Å². The molecule has 2 heterocycles. The molecule has 0 spiro atoms. The molecule has 0 radical (unpaired) electrons. The van der Waals surface area contributed by atoms with Crippen molar-refractivity contribution in [1.82, 2.24) is 9.97 Å². The molecule has 0 aliphatic rings. The van der Waals surface area contributed by atoms with E-state index in [0.29, 0.717) is 0 Å². The van der Waals surface area contributed by atoms with Crippen molar-refractivity contribution in [3.63, 3.8) is 0 Å². The molecule has 0 saturated heterocycles. The van der Waals surface area contributed by atoms with E-state index in [1.165, 1.54) is 10.3 Å². The topological polar surface area (TPSA) is 37.8 Å². The third-order valence-electron chi connectivity index (χ3n) is 2.68. The summed E-state index contributed by atoms with van der Waals surface area (Å²) in [6.07, 6.45) is 1.81. The second-order valence-corrected chi connectivity index (χ2v) is 4.60. The van der Waals surface area contributed by atoms with Crippen LogP contribution in [0.2, 0.25) is 0 Å². The predicted molar refractivity (Wildman–Crippen MR) is 72.4 cm³/mol. The van der Waals surface area contributed by atoms with E-state index >= 15 is 0 Å². The van der Waals surface area contributed by atoms with Crippen LogP contribution in [0.3, 0.4) is 0 Å². The van der Waals surface area contributed by atoms with E-state index in [4.69, 9.17) is 0 Å². The smallest absolute Gasteiger partial charge is 0.126 e. The third kappa shape index (κ3) is 1.87. The second-order valence-electron chi connectivity index (χ2n) is 3.71. The van der Waals surface area contributed by atoms with Gasteiger partial charge in [-0.1, -0.05) is 6.07 Å². The summed E-state index contributed by atoms with van der Waals surface area (Å²) in [4.78, 5) is 8.55. The zero-order valence-electron chi connectivity index (χ0n) is 9.34. The van der Waals surface area contributed by atoms with Crippen LogP contribution in [-0.4, -0.2) is 17.0 Å². The Bertz CT molecular complexity index is 660. The molecule has 1 aromatic carbocycles. The van der Waals surface area contributed by atoms with E-state index < -0.39 is 0 Å². The van der Waals surface area contributed by atoms with Crippen LogP contribution in [0.5, 0.6) is 0 Å². The van der Waals surface area contributed by atoms with Crippen molar-refractivity contribution in [2.24, 2.45) is 0 Å². The minimum Gasteiger partial charge on any atom is -0.373 e. The number of hydrogen-bond acceptors (Lipinski definition) is 4. The Kier molecular flexibility index (Phi) is 2.49. The van der Waals surface area contributed by atoms with E-state index in [0.717, 1.165) is 16.9 Å². The monoisotopic (exact) mass is 241 g/mol. The summed E-state index contributed by atoms with van der Waals surface area (Å²) in [6, 6.07) is 10.4. The molecule has 84 valence electrons. The Hall–Kier alpha value is -1.94. The molecule has 0 aliphatic carbocycles. The van der Waals surface area contributed by atoms with Crippen LogP contribution >= 0.6 is 11.3 Å². The fourth-order valence-electron chi connectivity index (χ4n) is 1.78. The van der Waals surface area contributed by atoms with Gasteiger partial charge in [0.1, 0.15) is 5.82 Å². The number of anilines is 1. The number of pyridine rings is 1. The summed E-state index contributed by atoms with van der Waals surface area (Å²) in [5, 5.41) is 3.04. The molecular weight excluding hydrogens is 230 g/mol. The molecule has 1 N–H and O–H groups in total. The summed E-state index contributed by atoms with van der Waals surface area (Å²) < 4.78 is 1.22. The van der Waals surface area contributed by atoms with Gasteiger partial charge < -0.3 is 5.32 Å². The molecule has 3 aromatic rings. The lowest BCUT2D eigenvalue weighted by molar-refractivity contribution is 1.29. The Balaban J connectivity index is 2.12. The average molecular weight is 241 g/mol. The maximum atomic E-state index is 4.33. The van der Waals surface area contributed by atoms with Gasteiger partial charge in [0.05, 0.1) is 15.7 Å². The Morgan fingerprint density at radius 1 is 1.06 bits per heavy atom. The lowest BCUT2D eigenvalue weighted by Gasteiger charge is -2.04. The molecule has 0 unspecified atom stereocenters. The van der Waals surface area contributed by atoms with Gasteiger partial charge in [0.25, 0.3) is 0 Å². The van der Waals surface area contributed by atoms with Gasteiger partial charge in [-0.25, -0.2) is 9.97 Å². The van der Waals surface area contributed by atoms with Gasteiger partial charge in [0.15, 0.2) is 0 Å². The van der Waals surface area contributed by atoms with E-state index in [1.54, 1.807) is 11.3 Å². The van der Waals surface area contributed by atoms with Crippen LogP contribution in [0, 0.1) is 0 Å². The van der Waals surface area contributed by atoms with Crippen molar-refractivity contribution in [3.05, 3.63) is 42.0 Å². The summed E-state index contributed by atoms with van der Waals surface area (Å²) in [5.41, 5.74) is 5.25. The molecule has 3 rings (SSSR count). The number of nitrogens with one attached hydrogen (secondary N) is 1. The fraction of sp³-hybridized carbons (Fsp3) is 0.0769. The van der Waals surface area contributed by atoms with Crippen LogP contribution in [-0.2, 0) is 0 Å². The molecule has 0 fully saturated rings. The number of thiazole rings is 1. The van der Waals surface area contributed by atoms with Gasteiger partial charge in [-0.3, -0.25) is 0 Å². The lowest BCUT2D eigenvalue weighted by Crippen LogP contribution is -1.91. The third-order valence-corrected chi connectivity index (χ3v) is 3.49. The maximum Gasteiger partial charge on any atom is 0.126 e. The first-order valence-electron chi connectivity index (χ1n) is 5.34. The molecule has 2 aromatic heterocycles. The second kappa shape index (κ2) is 4.14. The number of benzene rings is 1. The largest absolute Gasteiger partial charge is 0.373 e. The minimum atomic E-state index is 0.876. The maximum absolute atomic E-state index is 4.33. The minimum absolute atomic E-state index is 0.876. The quantitative estimate of drug-likeness (QED) is 0.747. The molecule has 0 saturated carbocycles. The number of fused-ring (bicyclic) bond motifs is 1. The number of rotatable bonds is 2. The molecule has 0 atom stereocenters. The average Bonchev–Trinajstić information content (AvgIpc) is 2.86. The standard InChI is InChI=1S/C13H11N3S/c1-14-13-7-10(4-5-15-13)9-2-3-12-11(6-9)16-8-17-12/h2-8H,1H3,(H,14,15). The Morgan fingerprint density at radius 3 is 2.82 bits per heavy atom. The van der Waals surface area contributed by atoms with E-state index in [9.17, 15) is 0 Å². The molecule has 3 nitrogen and oxygen atoms in total. The van der Waals surface area contributed by atoms with Gasteiger partial charge in [-0.15, -0.1) is 11.3 Å². The van der Waals surface area contributed by atoms with Crippen LogP contribution in [0.4, 0.5) is 5.82 Å². The SMILES string of the molecule is CNc1cc(-c2ccc3scnc3c2)ccn1. The predicted octanol–water partition coefficient (Wildman–Crippen LogP) is 3.40. The first-order valence-corrected chi connectivity index (χ1v) is 6.22. The highest BCUT2D eigenvalue weighted by molar-refractivity contribution is 7.16. The van der Waals surface area contributed by atoms with Gasteiger partial charge in [0.2, 0.25) is 0 Å². The van der Waals surface area contributed by atoms with Crippen LogP contribution in [0.15, 0.2) is 42.0 Å². The van der Waals surface area contributed by atoms with E-state index in [-0.39, 0.29) is 0 Å². The fourth-order valence-corrected chi connectivity index (χ4v) is 2.44. The Labute approximate surface area is 103 Å². The first kappa shape index (κ1) is 10.2. The highest BCUT2D eigenvalue weighted by Crippen LogP contribution is 2.26. The molecule has 0 amide bonds. The summed E-state index contributed by atoms with van der Waals surface area (Å²) >= 11 is 1.66. The van der Waals surface area contributed by atoms with Gasteiger partial charge in [-0.05, 0) is 35.4 Å². The van der Waals surface area contributed by atoms with Crippen LogP contribution in [0.1, 0.15) is 0 Å². The summed E-state index contributed by atoms with van der Waals surface area (Å²) in [7, 11) is 1.87.